The Bertz CT molecular complexity index is 774. The van der Waals surface area contributed by atoms with Gasteiger partial charge in [-0.1, -0.05) is 12.1 Å². The van der Waals surface area contributed by atoms with Crippen molar-refractivity contribution in [2.24, 2.45) is 0 Å². The lowest BCUT2D eigenvalue weighted by Crippen LogP contribution is -2.32. The topological polar surface area (TPSA) is 57.2 Å². The highest BCUT2D eigenvalue weighted by atomic mass is 16.5. The van der Waals surface area contributed by atoms with Gasteiger partial charge in [-0.25, -0.2) is 0 Å². The van der Waals surface area contributed by atoms with Crippen molar-refractivity contribution in [1.82, 2.24) is 0 Å². The van der Waals surface area contributed by atoms with E-state index in [0.717, 1.165) is 5.56 Å². The summed E-state index contributed by atoms with van der Waals surface area (Å²) in [5.41, 5.74) is 1.56. The number of carbonyl (C=O) groups is 1. The molecule has 0 saturated carbocycles. The van der Waals surface area contributed by atoms with E-state index in [0.29, 0.717) is 41.8 Å². The van der Waals surface area contributed by atoms with E-state index >= 15 is 0 Å². The molecular weight excluding hydrogens is 322 g/mol. The number of methoxy groups -OCH3 is 2. The monoisotopic (exact) mass is 343 g/mol. The molecule has 2 aromatic rings. The molecule has 0 N–H and O–H groups in total. The van der Waals surface area contributed by atoms with Crippen LogP contribution in [0.5, 0.6) is 23.0 Å². The van der Waals surface area contributed by atoms with Crippen molar-refractivity contribution in [3.63, 3.8) is 0 Å². The highest BCUT2D eigenvalue weighted by Crippen LogP contribution is 2.38. The first-order valence-electron chi connectivity index (χ1n) is 8.07. The Hall–Kier alpha value is -2.89. The Labute approximate surface area is 146 Å². The lowest BCUT2D eigenvalue weighted by atomic mass is 10.1. The van der Waals surface area contributed by atoms with Gasteiger partial charge < -0.3 is 23.8 Å². The van der Waals surface area contributed by atoms with E-state index in [1.807, 2.05) is 31.2 Å². The van der Waals surface area contributed by atoms with Crippen LogP contribution < -0.4 is 23.8 Å². The maximum Gasteiger partial charge on any atom is 0.265 e. The summed E-state index contributed by atoms with van der Waals surface area (Å²) in [6, 6.07) is 11.0. The summed E-state index contributed by atoms with van der Waals surface area (Å²) in [6.45, 7) is 2.75. The Kier molecular flexibility index (Phi) is 4.97. The summed E-state index contributed by atoms with van der Waals surface area (Å²) in [6.07, 6.45) is 0. The van der Waals surface area contributed by atoms with E-state index in [2.05, 4.69) is 0 Å². The molecule has 0 atom stereocenters. The number of hydrogen-bond acceptors (Lipinski definition) is 5. The molecule has 1 aliphatic heterocycles. The number of benzene rings is 2. The Balaban J connectivity index is 2.00. The number of anilines is 1. The highest BCUT2D eigenvalue weighted by molar-refractivity contribution is 5.96. The Morgan fingerprint density at radius 2 is 1.96 bits per heavy atom. The van der Waals surface area contributed by atoms with Crippen molar-refractivity contribution in [3.8, 4) is 23.0 Å². The molecule has 0 unspecified atom stereocenters. The van der Waals surface area contributed by atoms with Crippen molar-refractivity contribution in [2.45, 2.75) is 13.5 Å². The zero-order valence-corrected chi connectivity index (χ0v) is 14.6. The van der Waals surface area contributed by atoms with Crippen molar-refractivity contribution < 1.29 is 23.7 Å². The summed E-state index contributed by atoms with van der Waals surface area (Å²) in [7, 11) is 3.16. The number of nitrogens with zero attached hydrogens (tertiary/aromatic N) is 1. The van der Waals surface area contributed by atoms with Gasteiger partial charge in [0.25, 0.3) is 5.91 Å². The number of fused-ring (bicyclic) bond motifs is 1. The molecule has 25 heavy (non-hydrogen) atoms. The molecule has 1 aliphatic rings. The van der Waals surface area contributed by atoms with Crippen LogP contribution in [-0.2, 0) is 11.3 Å². The van der Waals surface area contributed by atoms with Crippen molar-refractivity contribution in [1.29, 1.82) is 0 Å². The zero-order valence-electron chi connectivity index (χ0n) is 14.6. The summed E-state index contributed by atoms with van der Waals surface area (Å²) >= 11 is 0. The maximum absolute atomic E-state index is 12.6. The van der Waals surface area contributed by atoms with Gasteiger partial charge in [-0.05, 0) is 25.1 Å². The second-order valence-corrected chi connectivity index (χ2v) is 5.48. The number of carbonyl (C=O) groups excluding carboxylic acids is 1. The van der Waals surface area contributed by atoms with E-state index in [9.17, 15) is 4.79 Å². The SMILES string of the molecule is CCOc1cccc2c1OCC(=O)N(c1ccc(OC)cc1OC)C2. The largest absolute Gasteiger partial charge is 0.497 e. The van der Waals surface area contributed by atoms with Gasteiger partial charge in [-0.3, -0.25) is 4.79 Å². The second-order valence-electron chi connectivity index (χ2n) is 5.48. The van der Waals surface area contributed by atoms with Crippen LogP contribution in [0, 0.1) is 0 Å². The average molecular weight is 343 g/mol. The number of amides is 1. The summed E-state index contributed by atoms with van der Waals surface area (Å²) in [4.78, 5) is 14.3. The minimum atomic E-state index is -0.151. The molecule has 6 nitrogen and oxygen atoms in total. The molecule has 132 valence electrons. The molecule has 0 bridgehead atoms. The predicted octanol–water partition coefficient (Wildman–Crippen LogP) is 3.03. The number of ether oxygens (including phenoxy) is 4. The number of para-hydroxylation sites is 1. The van der Waals surface area contributed by atoms with Crippen LogP contribution in [0.1, 0.15) is 12.5 Å². The quantitative estimate of drug-likeness (QED) is 0.835. The van der Waals surface area contributed by atoms with Gasteiger partial charge >= 0.3 is 0 Å². The minimum Gasteiger partial charge on any atom is -0.497 e. The predicted molar refractivity (Wildman–Crippen MR) is 93.8 cm³/mol. The molecule has 0 radical (unpaired) electrons. The van der Waals surface area contributed by atoms with Gasteiger partial charge in [-0.15, -0.1) is 0 Å². The first kappa shape index (κ1) is 17.0. The molecular formula is C19H21NO5. The molecule has 0 fully saturated rings. The van der Waals surface area contributed by atoms with Gasteiger partial charge in [0.05, 0.1) is 33.1 Å². The normalized spacial score (nSPS) is 13.6. The van der Waals surface area contributed by atoms with Crippen molar-refractivity contribution >= 4 is 11.6 Å². The molecule has 2 aromatic carbocycles. The molecule has 0 saturated heterocycles. The Morgan fingerprint density at radius 3 is 2.68 bits per heavy atom. The third-order valence-corrected chi connectivity index (χ3v) is 4.01. The van der Waals surface area contributed by atoms with Crippen LogP contribution in [0.2, 0.25) is 0 Å². The van der Waals surface area contributed by atoms with Crippen LogP contribution in [0.15, 0.2) is 36.4 Å². The lowest BCUT2D eigenvalue weighted by molar-refractivity contribution is -0.120. The van der Waals surface area contributed by atoms with Gasteiger partial charge in [0.15, 0.2) is 18.1 Å². The number of rotatable bonds is 5. The van der Waals surface area contributed by atoms with E-state index < -0.39 is 0 Å². The fourth-order valence-corrected chi connectivity index (χ4v) is 2.82. The summed E-state index contributed by atoms with van der Waals surface area (Å²) < 4.78 is 22.0. The van der Waals surface area contributed by atoms with E-state index in [1.54, 1.807) is 31.3 Å². The van der Waals surface area contributed by atoms with Gasteiger partial charge in [0.1, 0.15) is 11.5 Å². The molecule has 1 heterocycles. The number of hydrogen-bond donors (Lipinski definition) is 0. The molecule has 0 aromatic heterocycles. The van der Waals surface area contributed by atoms with Gasteiger partial charge in [-0.2, -0.15) is 0 Å². The summed E-state index contributed by atoms with van der Waals surface area (Å²) in [5, 5.41) is 0. The summed E-state index contributed by atoms with van der Waals surface area (Å²) in [5.74, 6) is 2.35. The maximum atomic E-state index is 12.6. The first-order valence-corrected chi connectivity index (χ1v) is 8.07. The zero-order chi connectivity index (χ0) is 17.8. The third kappa shape index (κ3) is 3.33. The van der Waals surface area contributed by atoms with E-state index in [1.165, 1.54) is 0 Å². The van der Waals surface area contributed by atoms with Gasteiger partial charge in [0.2, 0.25) is 0 Å². The fourth-order valence-electron chi connectivity index (χ4n) is 2.82. The third-order valence-electron chi connectivity index (χ3n) is 4.01. The van der Waals surface area contributed by atoms with Crippen LogP contribution in [-0.4, -0.2) is 33.3 Å². The van der Waals surface area contributed by atoms with E-state index in [-0.39, 0.29) is 12.5 Å². The van der Waals surface area contributed by atoms with Crippen molar-refractivity contribution in [3.05, 3.63) is 42.0 Å². The smallest absolute Gasteiger partial charge is 0.265 e. The van der Waals surface area contributed by atoms with Gasteiger partial charge in [0, 0.05) is 11.6 Å². The lowest BCUT2D eigenvalue weighted by Gasteiger charge is -2.23. The second kappa shape index (κ2) is 7.34. The van der Waals surface area contributed by atoms with Crippen LogP contribution in [0.25, 0.3) is 0 Å². The van der Waals surface area contributed by atoms with E-state index in [4.69, 9.17) is 18.9 Å². The van der Waals surface area contributed by atoms with Crippen LogP contribution in [0.3, 0.4) is 0 Å². The molecule has 3 rings (SSSR count). The highest BCUT2D eigenvalue weighted by Gasteiger charge is 2.27. The van der Waals surface area contributed by atoms with Crippen molar-refractivity contribution in [2.75, 3.05) is 32.3 Å². The molecule has 6 heteroatoms. The standard InChI is InChI=1S/C19H21NO5/c1-4-24-16-7-5-6-13-11-20(18(21)12-25-19(13)16)15-9-8-14(22-2)10-17(15)23-3/h5-10H,4,11-12H2,1-3H3. The minimum absolute atomic E-state index is 0.0632. The average Bonchev–Trinajstić information content (AvgIpc) is 2.81. The molecule has 0 spiro atoms. The van der Waals surface area contributed by atoms with Crippen LogP contribution >= 0.6 is 0 Å². The molecule has 1 amide bonds. The Morgan fingerprint density at radius 1 is 1.12 bits per heavy atom. The fraction of sp³-hybridized carbons (Fsp3) is 0.316. The first-order chi connectivity index (χ1) is 12.2. The van der Waals surface area contributed by atoms with Crippen LogP contribution in [0.4, 0.5) is 5.69 Å². The molecule has 0 aliphatic carbocycles.